The van der Waals surface area contributed by atoms with Crippen LogP contribution < -0.4 is 19.7 Å². The van der Waals surface area contributed by atoms with Gasteiger partial charge in [-0.1, -0.05) is 11.6 Å². The third-order valence-electron chi connectivity index (χ3n) is 7.59. The number of rotatable bonds is 9. The Morgan fingerprint density at radius 3 is 1.98 bits per heavy atom. The molecule has 3 aromatic carbocycles. The molecule has 1 aliphatic rings. The molecule has 3 heterocycles. The summed E-state index contributed by atoms with van der Waals surface area (Å²) in [7, 11) is 3.35. The molecule has 0 bridgehead atoms. The molecule has 0 radical (unpaired) electrons. The second kappa shape index (κ2) is 12.6. The van der Waals surface area contributed by atoms with E-state index in [1.165, 1.54) is 0 Å². The first-order valence-corrected chi connectivity index (χ1v) is 14.4. The fraction of sp³-hybridized carbons (Fsp3) is 0.242. The lowest BCUT2D eigenvalue weighted by atomic mass is 10.1. The largest absolute Gasteiger partial charge is 0.497 e. The van der Waals surface area contributed by atoms with Crippen molar-refractivity contribution >= 4 is 34.1 Å². The number of piperazine rings is 1. The summed E-state index contributed by atoms with van der Waals surface area (Å²) in [4.78, 5) is 19.2. The van der Waals surface area contributed by atoms with Crippen LogP contribution in [0.25, 0.3) is 33.4 Å². The zero-order valence-electron chi connectivity index (χ0n) is 23.8. The molecule has 1 fully saturated rings. The van der Waals surface area contributed by atoms with Crippen molar-refractivity contribution in [2.45, 2.75) is 0 Å². The van der Waals surface area contributed by atoms with Crippen molar-refractivity contribution in [3.8, 4) is 34.0 Å². The monoisotopic (exact) mass is 580 g/mol. The molecule has 42 heavy (non-hydrogen) atoms. The van der Waals surface area contributed by atoms with Gasteiger partial charge in [0.15, 0.2) is 0 Å². The van der Waals surface area contributed by atoms with E-state index in [-0.39, 0.29) is 0 Å². The number of halogens is 1. The van der Waals surface area contributed by atoms with Crippen molar-refractivity contribution in [3.05, 3.63) is 90.1 Å². The first-order chi connectivity index (χ1) is 20.6. The highest BCUT2D eigenvalue weighted by atomic mass is 35.5. The van der Waals surface area contributed by atoms with Crippen LogP contribution in [0.15, 0.2) is 85.1 Å². The lowest BCUT2D eigenvalue weighted by Gasteiger charge is -2.35. The molecule has 8 nitrogen and oxygen atoms in total. The highest BCUT2D eigenvalue weighted by Gasteiger charge is 2.21. The van der Waals surface area contributed by atoms with Gasteiger partial charge >= 0.3 is 0 Å². The van der Waals surface area contributed by atoms with Crippen LogP contribution in [0.1, 0.15) is 0 Å². The van der Waals surface area contributed by atoms with Crippen molar-refractivity contribution in [1.29, 1.82) is 0 Å². The van der Waals surface area contributed by atoms with Crippen molar-refractivity contribution in [3.63, 3.8) is 0 Å². The van der Waals surface area contributed by atoms with Gasteiger partial charge in [-0.2, -0.15) is 0 Å². The fourth-order valence-corrected chi connectivity index (χ4v) is 5.36. The molecule has 214 valence electrons. The molecule has 0 atom stereocenters. The minimum absolute atomic E-state index is 0.694. The molecule has 1 N–H and O–H groups in total. The van der Waals surface area contributed by atoms with E-state index in [0.29, 0.717) is 5.02 Å². The minimum Gasteiger partial charge on any atom is -0.497 e. The number of hydrogen-bond acceptors (Lipinski definition) is 8. The van der Waals surface area contributed by atoms with E-state index in [1.54, 1.807) is 14.2 Å². The second-order valence-corrected chi connectivity index (χ2v) is 10.6. The molecule has 6 rings (SSSR count). The van der Waals surface area contributed by atoms with Gasteiger partial charge in [0, 0.05) is 72.7 Å². The normalized spacial score (nSPS) is 13.7. The van der Waals surface area contributed by atoms with Crippen molar-refractivity contribution < 1.29 is 9.47 Å². The van der Waals surface area contributed by atoms with Crippen LogP contribution in [-0.2, 0) is 0 Å². The quantitative estimate of drug-likeness (QED) is 0.219. The van der Waals surface area contributed by atoms with Crippen LogP contribution in [0.4, 0.5) is 11.6 Å². The number of hydrogen-bond donors (Lipinski definition) is 1. The van der Waals surface area contributed by atoms with Gasteiger partial charge in [0.1, 0.15) is 11.5 Å². The maximum absolute atomic E-state index is 6.15. The van der Waals surface area contributed by atoms with Crippen molar-refractivity contribution in [2.24, 2.45) is 0 Å². The summed E-state index contributed by atoms with van der Waals surface area (Å²) in [6.45, 7) is 5.35. The van der Waals surface area contributed by atoms with Gasteiger partial charge in [-0.3, -0.25) is 9.88 Å². The fourth-order valence-electron chi connectivity index (χ4n) is 5.19. The maximum Gasteiger partial charge on any atom is 0.226 e. The molecule has 0 spiro atoms. The molecule has 2 aromatic heterocycles. The number of benzene rings is 3. The van der Waals surface area contributed by atoms with Gasteiger partial charge in [-0.25, -0.2) is 9.97 Å². The van der Waals surface area contributed by atoms with E-state index in [4.69, 9.17) is 31.0 Å². The van der Waals surface area contributed by atoms with Gasteiger partial charge in [-0.05, 0) is 78.9 Å². The molecular formula is C33H33ClN6O2. The molecule has 5 aromatic rings. The van der Waals surface area contributed by atoms with Gasteiger partial charge < -0.3 is 19.7 Å². The minimum atomic E-state index is 0.694. The number of aromatic nitrogens is 3. The highest BCUT2D eigenvalue weighted by molar-refractivity contribution is 6.31. The predicted octanol–water partition coefficient (Wildman–Crippen LogP) is 6.26. The first kappa shape index (κ1) is 27.8. The van der Waals surface area contributed by atoms with Gasteiger partial charge in [0.05, 0.1) is 31.1 Å². The maximum atomic E-state index is 6.15. The third kappa shape index (κ3) is 6.25. The van der Waals surface area contributed by atoms with Gasteiger partial charge in [0.25, 0.3) is 0 Å². The molecule has 0 aliphatic carbocycles. The predicted molar refractivity (Wildman–Crippen MR) is 170 cm³/mol. The summed E-state index contributed by atoms with van der Waals surface area (Å²) < 4.78 is 10.7. The van der Waals surface area contributed by atoms with Crippen molar-refractivity contribution in [1.82, 2.24) is 19.9 Å². The number of nitrogens with zero attached hydrogens (tertiary/aromatic N) is 5. The number of fused-ring (bicyclic) bond motifs is 1. The van der Waals surface area contributed by atoms with Crippen LogP contribution in [-0.4, -0.2) is 73.3 Å². The molecule has 1 aliphatic heterocycles. The Morgan fingerprint density at radius 1 is 0.762 bits per heavy atom. The Labute approximate surface area is 250 Å². The summed E-state index contributed by atoms with van der Waals surface area (Å²) in [5, 5.41) is 5.36. The van der Waals surface area contributed by atoms with Gasteiger partial charge in [-0.15, -0.1) is 0 Å². The Bertz CT molecular complexity index is 1590. The van der Waals surface area contributed by atoms with Crippen LogP contribution in [0.5, 0.6) is 11.5 Å². The molecule has 1 saturated heterocycles. The molecular weight excluding hydrogens is 548 g/mol. The first-order valence-electron chi connectivity index (χ1n) is 14.0. The summed E-state index contributed by atoms with van der Waals surface area (Å²) in [5.74, 6) is 2.37. The van der Waals surface area contributed by atoms with E-state index < -0.39 is 0 Å². The van der Waals surface area contributed by atoms with E-state index >= 15 is 0 Å². The zero-order chi connectivity index (χ0) is 28.9. The Hall–Kier alpha value is -4.40. The average Bonchev–Trinajstić information content (AvgIpc) is 3.05. The Kier molecular flexibility index (Phi) is 8.35. The number of ether oxygens (including phenoxy) is 2. The molecule has 0 saturated carbocycles. The SMILES string of the molecule is COc1ccc(-c2cc(-c3ccc(OC)cc3)nc(N3CCN(CCNc4ccnc5cc(Cl)ccc45)CC3)n2)cc1. The zero-order valence-corrected chi connectivity index (χ0v) is 24.5. The number of methoxy groups -OCH3 is 2. The smallest absolute Gasteiger partial charge is 0.226 e. The van der Waals surface area contributed by atoms with Crippen molar-refractivity contribution in [2.75, 3.05) is 63.7 Å². The summed E-state index contributed by atoms with van der Waals surface area (Å²) >= 11 is 6.15. The molecule has 0 unspecified atom stereocenters. The van der Waals surface area contributed by atoms with Crippen LogP contribution in [0.2, 0.25) is 5.02 Å². The Morgan fingerprint density at radius 2 is 1.38 bits per heavy atom. The standard InChI is InChI=1S/C33H33ClN6O2/c1-41-26-8-3-23(4-9-26)30-22-31(24-5-10-27(42-2)11-6-24)38-33(37-30)40-19-17-39(18-20-40)16-15-36-29-13-14-35-32-21-25(34)7-12-28(29)32/h3-14,21-22H,15-20H2,1-2H3,(H,35,36). The second-order valence-electron chi connectivity index (χ2n) is 10.2. The van der Waals surface area contributed by atoms with E-state index in [9.17, 15) is 0 Å². The molecule has 0 amide bonds. The van der Waals surface area contributed by atoms with Crippen LogP contribution >= 0.6 is 11.6 Å². The van der Waals surface area contributed by atoms with Crippen LogP contribution in [0.3, 0.4) is 0 Å². The summed E-state index contributed by atoms with van der Waals surface area (Å²) in [5.41, 5.74) is 5.77. The summed E-state index contributed by atoms with van der Waals surface area (Å²) in [6, 6.07) is 25.9. The average molecular weight is 581 g/mol. The lowest BCUT2D eigenvalue weighted by molar-refractivity contribution is 0.266. The summed E-state index contributed by atoms with van der Waals surface area (Å²) in [6.07, 6.45) is 1.82. The number of anilines is 2. The Balaban J connectivity index is 1.15. The third-order valence-corrected chi connectivity index (χ3v) is 7.82. The van der Waals surface area contributed by atoms with Crippen LogP contribution in [0, 0.1) is 0 Å². The van der Waals surface area contributed by atoms with E-state index in [2.05, 4.69) is 20.1 Å². The van der Waals surface area contributed by atoms with E-state index in [1.807, 2.05) is 85.1 Å². The topological polar surface area (TPSA) is 75.6 Å². The highest BCUT2D eigenvalue weighted by Crippen LogP contribution is 2.29. The van der Waals surface area contributed by atoms with E-state index in [0.717, 1.165) is 95.8 Å². The number of pyridine rings is 1. The molecule has 9 heteroatoms. The lowest BCUT2D eigenvalue weighted by Crippen LogP contribution is -2.48. The van der Waals surface area contributed by atoms with Gasteiger partial charge in [0.2, 0.25) is 5.95 Å². The number of nitrogens with one attached hydrogen (secondary N) is 1.